The highest BCUT2D eigenvalue weighted by Crippen LogP contribution is 2.08. The van der Waals surface area contributed by atoms with Crippen LogP contribution >= 0.6 is 15.9 Å². The number of aromatic nitrogens is 1. The normalized spacial score (nSPS) is 9.75. The van der Waals surface area contributed by atoms with Crippen LogP contribution in [0.3, 0.4) is 0 Å². The topological polar surface area (TPSA) is 26.0 Å². The van der Waals surface area contributed by atoms with E-state index >= 15 is 0 Å². The molecule has 44 valence electrons. The third kappa shape index (κ3) is 1.06. The fraction of sp³-hybridized carbons (Fsp3) is 0.250. The van der Waals surface area contributed by atoms with E-state index < -0.39 is 6.67 Å². The Labute approximate surface area is 53.8 Å². The Bertz CT molecular complexity index is 176. The van der Waals surface area contributed by atoms with Gasteiger partial charge >= 0.3 is 0 Å². The minimum absolute atomic E-state index is 0.317. The summed E-state index contributed by atoms with van der Waals surface area (Å²) in [5.41, 5.74) is 0.317. The number of rotatable bonds is 1. The van der Waals surface area contributed by atoms with E-state index in [4.69, 9.17) is 0 Å². The molecule has 0 spiro atoms. The van der Waals surface area contributed by atoms with Crippen LogP contribution in [0.5, 0.6) is 0 Å². The Morgan fingerprint density at radius 3 is 2.88 bits per heavy atom. The van der Waals surface area contributed by atoms with Crippen LogP contribution in [0.25, 0.3) is 0 Å². The summed E-state index contributed by atoms with van der Waals surface area (Å²) in [6.45, 7) is -0.574. The lowest BCUT2D eigenvalue weighted by atomic mass is 10.6. The van der Waals surface area contributed by atoms with E-state index in [-0.39, 0.29) is 0 Å². The van der Waals surface area contributed by atoms with Gasteiger partial charge in [-0.2, -0.15) is 0 Å². The summed E-state index contributed by atoms with van der Waals surface area (Å²) in [6.07, 6.45) is 1.27. The Hall–Kier alpha value is -0.380. The number of oxazole rings is 1. The zero-order valence-electron chi connectivity index (χ0n) is 3.90. The van der Waals surface area contributed by atoms with Crippen molar-refractivity contribution in [3.8, 4) is 0 Å². The first kappa shape index (κ1) is 5.75. The summed E-state index contributed by atoms with van der Waals surface area (Å²) in [6, 6.07) is 0. The molecule has 0 aromatic carbocycles. The second-order valence-electron chi connectivity index (χ2n) is 1.23. The lowest BCUT2D eigenvalue weighted by Crippen LogP contribution is -1.73. The minimum atomic E-state index is -0.574. The average Bonchev–Trinajstić information content (AvgIpc) is 2.14. The average molecular weight is 180 g/mol. The first-order chi connectivity index (χ1) is 3.83. The second kappa shape index (κ2) is 2.26. The molecule has 1 aromatic rings. The number of hydrogen-bond acceptors (Lipinski definition) is 2. The first-order valence-electron chi connectivity index (χ1n) is 1.99. The Morgan fingerprint density at radius 1 is 1.88 bits per heavy atom. The van der Waals surface area contributed by atoms with Crippen molar-refractivity contribution >= 4 is 15.9 Å². The fourth-order valence-corrected chi connectivity index (χ4v) is 0.665. The van der Waals surface area contributed by atoms with E-state index in [9.17, 15) is 4.39 Å². The zero-order valence-corrected chi connectivity index (χ0v) is 5.48. The molecule has 1 rings (SSSR count). The molecule has 1 heterocycles. The molecule has 0 bridgehead atoms. The quantitative estimate of drug-likeness (QED) is 0.659. The van der Waals surface area contributed by atoms with Crippen molar-refractivity contribution in [3.63, 3.8) is 0 Å². The van der Waals surface area contributed by atoms with Gasteiger partial charge in [0.15, 0.2) is 0 Å². The smallest absolute Gasteiger partial charge is 0.264 e. The summed E-state index contributed by atoms with van der Waals surface area (Å²) in [4.78, 5) is 3.93. The lowest BCUT2D eigenvalue weighted by molar-refractivity contribution is 0.472. The van der Waals surface area contributed by atoms with Crippen LogP contribution in [0.1, 0.15) is 5.69 Å². The standard InChI is InChI=1S/C4H3BrFNO/c5-4-7-3(1-6)2-8-4/h2H,1H2. The Morgan fingerprint density at radius 2 is 2.62 bits per heavy atom. The molecule has 4 heteroatoms. The zero-order chi connectivity index (χ0) is 5.98. The molecule has 0 atom stereocenters. The maximum Gasteiger partial charge on any atom is 0.264 e. The molecule has 0 aliphatic heterocycles. The maximum absolute atomic E-state index is 11.6. The van der Waals surface area contributed by atoms with Gasteiger partial charge in [0.05, 0.1) is 0 Å². The van der Waals surface area contributed by atoms with E-state index in [1.807, 2.05) is 0 Å². The van der Waals surface area contributed by atoms with Crippen molar-refractivity contribution in [2.24, 2.45) is 0 Å². The highest BCUT2D eigenvalue weighted by molar-refractivity contribution is 9.10. The van der Waals surface area contributed by atoms with Gasteiger partial charge in [0.1, 0.15) is 18.6 Å². The molecule has 1 aromatic heterocycles. The number of nitrogens with zero attached hydrogens (tertiary/aromatic N) is 1. The number of alkyl halides is 1. The van der Waals surface area contributed by atoms with Gasteiger partial charge in [0.2, 0.25) is 0 Å². The van der Waals surface area contributed by atoms with Crippen LogP contribution in [-0.4, -0.2) is 4.98 Å². The summed E-state index contributed by atoms with van der Waals surface area (Å²) in [5, 5.41) is 0. The van der Waals surface area contributed by atoms with Gasteiger partial charge in [-0.1, -0.05) is 0 Å². The molecular weight excluding hydrogens is 177 g/mol. The SMILES string of the molecule is FCc1coc(Br)n1. The molecule has 0 saturated carbocycles. The van der Waals surface area contributed by atoms with Gasteiger partial charge in [-0.05, 0) is 0 Å². The van der Waals surface area contributed by atoms with Crippen LogP contribution < -0.4 is 0 Å². The van der Waals surface area contributed by atoms with Gasteiger partial charge in [0, 0.05) is 15.9 Å². The largest absolute Gasteiger partial charge is 0.439 e. The van der Waals surface area contributed by atoms with Gasteiger partial charge in [-0.25, -0.2) is 9.37 Å². The lowest BCUT2D eigenvalue weighted by Gasteiger charge is -1.73. The van der Waals surface area contributed by atoms with E-state index in [0.29, 0.717) is 10.5 Å². The highest BCUT2D eigenvalue weighted by Gasteiger charge is 1.96. The van der Waals surface area contributed by atoms with Gasteiger partial charge in [-0.3, -0.25) is 0 Å². The van der Waals surface area contributed by atoms with E-state index in [2.05, 4.69) is 25.3 Å². The number of hydrogen-bond donors (Lipinski definition) is 0. The van der Waals surface area contributed by atoms with Crippen molar-refractivity contribution in [1.29, 1.82) is 0 Å². The van der Waals surface area contributed by atoms with Crippen LogP contribution in [0.2, 0.25) is 0 Å². The van der Waals surface area contributed by atoms with Gasteiger partial charge in [0.25, 0.3) is 4.80 Å². The van der Waals surface area contributed by atoms with Crippen molar-refractivity contribution in [2.75, 3.05) is 0 Å². The van der Waals surface area contributed by atoms with Crippen LogP contribution in [0, 0.1) is 0 Å². The highest BCUT2D eigenvalue weighted by atomic mass is 79.9. The fourth-order valence-electron chi connectivity index (χ4n) is 0.344. The van der Waals surface area contributed by atoms with Crippen molar-refractivity contribution in [1.82, 2.24) is 4.98 Å². The molecule has 0 radical (unpaired) electrons. The van der Waals surface area contributed by atoms with E-state index in [0.717, 1.165) is 0 Å². The molecule has 0 saturated heterocycles. The maximum atomic E-state index is 11.6. The molecule has 0 N–H and O–H groups in total. The monoisotopic (exact) mass is 179 g/mol. The van der Waals surface area contributed by atoms with Crippen molar-refractivity contribution in [2.45, 2.75) is 6.67 Å². The summed E-state index contributed by atoms with van der Waals surface area (Å²) >= 11 is 2.93. The van der Waals surface area contributed by atoms with Crippen molar-refractivity contribution < 1.29 is 8.81 Å². The molecule has 0 fully saturated rings. The van der Waals surface area contributed by atoms with Crippen molar-refractivity contribution in [3.05, 3.63) is 16.8 Å². The minimum Gasteiger partial charge on any atom is -0.439 e. The van der Waals surface area contributed by atoms with Crippen LogP contribution in [-0.2, 0) is 6.67 Å². The molecule has 2 nitrogen and oxygen atoms in total. The number of halogens is 2. The molecule has 0 amide bonds. The molecule has 8 heavy (non-hydrogen) atoms. The van der Waals surface area contributed by atoms with Gasteiger partial charge < -0.3 is 4.42 Å². The Kier molecular flexibility index (Phi) is 1.62. The van der Waals surface area contributed by atoms with Gasteiger partial charge in [-0.15, -0.1) is 0 Å². The van der Waals surface area contributed by atoms with E-state index in [1.54, 1.807) is 0 Å². The van der Waals surface area contributed by atoms with E-state index in [1.165, 1.54) is 6.26 Å². The second-order valence-corrected chi connectivity index (χ2v) is 1.90. The molecule has 0 unspecified atom stereocenters. The third-order valence-electron chi connectivity index (χ3n) is 0.661. The third-order valence-corrected chi connectivity index (χ3v) is 1.02. The molecular formula is C4H3BrFNO. The Balaban J connectivity index is 2.84. The predicted molar refractivity (Wildman–Crippen MR) is 29.0 cm³/mol. The summed E-state index contributed by atoms with van der Waals surface area (Å²) < 4.78 is 16.2. The summed E-state index contributed by atoms with van der Waals surface area (Å²) in [5.74, 6) is 0. The predicted octanol–water partition coefficient (Wildman–Crippen LogP) is 1.91. The molecule has 0 aliphatic carbocycles. The first-order valence-corrected chi connectivity index (χ1v) is 2.78. The van der Waals surface area contributed by atoms with Crippen LogP contribution in [0.15, 0.2) is 15.5 Å². The molecule has 0 aliphatic rings. The van der Waals surface area contributed by atoms with Crippen LogP contribution in [0.4, 0.5) is 4.39 Å². The summed E-state index contributed by atoms with van der Waals surface area (Å²) in [7, 11) is 0.